The van der Waals surface area contributed by atoms with Crippen LogP contribution in [-0.4, -0.2) is 47.8 Å². The second-order valence-corrected chi connectivity index (χ2v) is 7.61. The minimum atomic E-state index is -0.186. The first-order chi connectivity index (χ1) is 11.2. The van der Waals surface area contributed by atoms with Gasteiger partial charge in [0.1, 0.15) is 0 Å². The van der Waals surface area contributed by atoms with E-state index in [0.717, 1.165) is 38.8 Å². The van der Waals surface area contributed by atoms with Crippen LogP contribution in [0.25, 0.3) is 0 Å². The number of aliphatic hydroxyl groups is 1. The molecule has 5 nitrogen and oxygen atoms in total. The van der Waals surface area contributed by atoms with E-state index < -0.39 is 0 Å². The number of amides is 2. The Morgan fingerprint density at radius 2 is 2.04 bits per heavy atom. The van der Waals surface area contributed by atoms with Crippen LogP contribution in [0.5, 0.6) is 0 Å². The summed E-state index contributed by atoms with van der Waals surface area (Å²) in [4.78, 5) is 16.0. The number of aliphatic hydroxyl groups excluding tert-OH is 1. The summed E-state index contributed by atoms with van der Waals surface area (Å²) in [5.41, 5.74) is 0. The minimum Gasteiger partial charge on any atom is -0.393 e. The number of nitrogens with zero attached hydrogens (tertiary/aromatic N) is 1. The summed E-state index contributed by atoms with van der Waals surface area (Å²) in [5.74, 6) is 0. The normalized spacial score (nSPS) is 26.8. The van der Waals surface area contributed by atoms with E-state index >= 15 is 0 Å². The van der Waals surface area contributed by atoms with Gasteiger partial charge in [0.15, 0.2) is 0 Å². The molecule has 2 aliphatic rings. The molecule has 1 saturated carbocycles. The molecular weight excluding hydrogens is 310 g/mol. The van der Waals surface area contributed by atoms with Gasteiger partial charge in [0, 0.05) is 17.5 Å². The highest BCUT2D eigenvalue weighted by molar-refractivity contribution is 7.10. The number of carbonyl (C=O) groups excluding carboxylic acids is 1. The Labute approximate surface area is 142 Å². The number of hydrogen-bond donors (Lipinski definition) is 3. The molecular formula is C17H27N3O2S. The number of rotatable bonds is 5. The molecule has 0 aromatic carbocycles. The summed E-state index contributed by atoms with van der Waals surface area (Å²) in [6.45, 7) is 2.89. The Kier molecular flexibility index (Phi) is 5.91. The molecule has 23 heavy (non-hydrogen) atoms. The van der Waals surface area contributed by atoms with Crippen molar-refractivity contribution in [1.82, 2.24) is 15.5 Å². The maximum absolute atomic E-state index is 12.2. The third-order valence-electron chi connectivity index (χ3n) is 4.94. The van der Waals surface area contributed by atoms with Gasteiger partial charge < -0.3 is 15.7 Å². The van der Waals surface area contributed by atoms with Crippen LogP contribution in [-0.2, 0) is 0 Å². The molecule has 1 atom stereocenters. The monoisotopic (exact) mass is 337 g/mol. The minimum absolute atomic E-state index is 0.0767. The van der Waals surface area contributed by atoms with Crippen molar-refractivity contribution in [2.45, 2.75) is 56.7 Å². The molecule has 1 aromatic heterocycles. The topological polar surface area (TPSA) is 64.6 Å². The lowest BCUT2D eigenvalue weighted by Crippen LogP contribution is -2.46. The Morgan fingerprint density at radius 3 is 2.70 bits per heavy atom. The van der Waals surface area contributed by atoms with E-state index in [1.807, 2.05) is 0 Å². The van der Waals surface area contributed by atoms with Crippen LogP contribution in [0.4, 0.5) is 4.79 Å². The van der Waals surface area contributed by atoms with Gasteiger partial charge >= 0.3 is 6.03 Å². The molecule has 1 aliphatic carbocycles. The van der Waals surface area contributed by atoms with Crippen LogP contribution in [0.2, 0.25) is 0 Å². The van der Waals surface area contributed by atoms with Gasteiger partial charge in [-0.25, -0.2) is 4.79 Å². The fraction of sp³-hybridized carbons (Fsp3) is 0.706. The van der Waals surface area contributed by atoms with Gasteiger partial charge in [0.05, 0.1) is 12.1 Å². The van der Waals surface area contributed by atoms with Gasteiger partial charge in [-0.15, -0.1) is 11.3 Å². The zero-order valence-electron chi connectivity index (χ0n) is 13.5. The van der Waals surface area contributed by atoms with Gasteiger partial charge in [-0.2, -0.15) is 0 Å². The zero-order valence-corrected chi connectivity index (χ0v) is 14.4. The molecule has 2 amide bonds. The number of likely N-dealkylation sites (tertiary alicyclic amines) is 1. The van der Waals surface area contributed by atoms with Crippen molar-refractivity contribution in [1.29, 1.82) is 0 Å². The van der Waals surface area contributed by atoms with Gasteiger partial charge in [-0.3, -0.25) is 4.90 Å². The maximum Gasteiger partial charge on any atom is 0.315 e. The van der Waals surface area contributed by atoms with Crippen LogP contribution in [0.15, 0.2) is 17.5 Å². The molecule has 0 radical (unpaired) electrons. The van der Waals surface area contributed by atoms with Crippen LogP contribution in [0.3, 0.4) is 0 Å². The molecule has 128 valence electrons. The molecule has 3 rings (SSSR count). The smallest absolute Gasteiger partial charge is 0.315 e. The van der Waals surface area contributed by atoms with Crippen molar-refractivity contribution in [2.75, 3.05) is 19.6 Å². The third-order valence-corrected chi connectivity index (χ3v) is 5.91. The summed E-state index contributed by atoms with van der Waals surface area (Å²) >= 11 is 1.76. The second-order valence-electron chi connectivity index (χ2n) is 6.63. The number of hydrogen-bond acceptors (Lipinski definition) is 4. The van der Waals surface area contributed by atoms with Crippen molar-refractivity contribution < 1.29 is 9.90 Å². The van der Waals surface area contributed by atoms with Crippen LogP contribution >= 0.6 is 11.3 Å². The van der Waals surface area contributed by atoms with E-state index in [4.69, 9.17) is 0 Å². The van der Waals surface area contributed by atoms with Crippen LogP contribution in [0.1, 0.15) is 49.4 Å². The first-order valence-corrected chi connectivity index (χ1v) is 9.60. The molecule has 1 aliphatic heterocycles. The molecule has 1 unspecified atom stereocenters. The Balaban J connectivity index is 1.49. The molecule has 0 spiro atoms. The van der Waals surface area contributed by atoms with Crippen LogP contribution < -0.4 is 10.6 Å². The largest absolute Gasteiger partial charge is 0.393 e. The SMILES string of the molecule is O=C(NCC(c1cccs1)N1CCCC1)NC1CCC(O)CC1. The highest BCUT2D eigenvalue weighted by Gasteiger charge is 2.25. The van der Waals surface area contributed by atoms with Crippen LogP contribution in [0, 0.1) is 0 Å². The Hall–Kier alpha value is -1.11. The van der Waals surface area contributed by atoms with Gasteiger partial charge in [-0.1, -0.05) is 6.07 Å². The van der Waals surface area contributed by atoms with Crippen molar-refractivity contribution in [3.63, 3.8) is 0 Å². The summed E-state index contributed by atoms with van der Waals surface area (Å²) in [7, 11) is 0. The van der Waals surface area contributed by atoms with Gasteiger partial charge in [0.2, 0.25) is 0 Å². The van der Waals surface area contributed by atoms with E-state index in [1.54, 1.807) is 11.3 Å². The fourth-order valence-corrected chi connectivity index (χ4v) is 4.45. The molecule has 1 aromatic rings. The molecule has 2 heterocycles. The van der Waals surface area contributed by atoms with E-state index in [0.29, 0.717) is 6.54 Å². The Morgan fingerprint density at radius 1 is 1.30 bits per heavy atom. The highest BCUT2D eigenvalue weighted by atomic mass is 32.1. The summed E-state index contributed by atoms with van der Waals surface area (Å²) in [6, 6.07) is 4.65. The first-order valence-electron chi connectivity index (χ1n) is 8.72. The van der Waals surface area contributed by atoms with E-state index in [-0.39, 0.29) is 24.2 Å². The molecule has 0 bridgehead atoms. The maximum atomic E-state index is 12.2. The highest BCUT2D eigenvalue weighted by Crippen LogP contribution is 2.27. The molecule has 2 fully saturated rings. The van der Waals surface area contributed by atoms with Crippen molar-refractivity contribution in [3.05, 3.63) is 22.4 Å². The number of urea groups is 1. The number of carbonyl (C=O) groups is 1. The summed E-state index contributed by atoms with van der Waals surface area (Å²) in [5, 5.41) is 17.7. The van der Waals surface area contributed by atoms with Gasteiger partial charge in [0.25, 0.3) is 0 Å². The lowest BCUT2D eigenvalue weighted by molar-refractivity contribution is 0.117. The second kappa shape index (κ2) is 8.13. The average Bonchev–Trinajstić information content (AvgIpc) is 3.24. The molecule has 1 saturated heterocycles. The van der Waals surface area contributed by atoms with Gasteiger partial charge in [-0.05, 0) is 63.1 Å². The van der Waals surface area contributed by atoms with E-state index in [9.17, 15) is 9.90 Å². The van der Waals surface area contributed by atoms with Crippen molar-refractivity contribution >= 4 is 17.4 Å². The lowest BCUT2D eigenvalue weighted by Gasteiger charge is -2.29. The zero-order chi connectivity index (χ0) is 16.1. The van der Waals surface area contributed by atoms with Crippen molar-refractivity contribution in [3.8, 4) is 0 Å². The summed E-state index contributed by atoms with van der Waals surface area (Å²) < 4.78 is 0. The quantitative estimate of drug-likeness (QED) is 0.773. The number of thiophene rings is 1. The van der Waals surface area contributed by atoms with Crippen molar-refractivity contribution in [2.24, 2.45) is 0 Å². The predicted molar refractivity (Wildman–Crippen MR) is 92.7 cm³/mol. The Bertz CT molecular complexity index is 480. The molecule has 6 heteroatoms. The average molecular weight is 337 g/mol. The van der Waals surface area contributed by atoms with E-state index in [2.05, 4.69) is 33.0 Å². The molecule has 3 N–H and O–H groups in total. The van der Waals surface area contributed by atoms with E-state index in [1.165, 1.54) is 17.7 Å². The third kappa shape index (κ3) is 4.68. The lowest BCUT2D eigenvalue weighted by atomic mass is 9.93. The fourth-order valence-electron chi connectivity index (χ4n) is 3.59. The first kappa shape index (κ1) is 16.7. The standard InChI is InChI=1S/C17H27N3O2S/c21-14-7-5-13(6-8-14)19-17(22)18-12-15(16-4-3-11-23-16)20-9-1-2-10-20/h3-4,11,13-15,21H,1-2,5-10,12H2,(H2,18,19,22). The number of nitrogens with one attached hydrogen (secondary N) is 2. The summed E-state index contributed by atoms with van der Waals surface area (Å²) in [6.07, 6.45) is 5.63. The predicted octanol–water partition coefficient (Wildman–Crippen LogP) is 2.49.